The van der Waals surface area contributed by atoms with Crippen LogP contribution in [-0.2, 0) is 0 Å². The zero-order chi connectivity index (χ0) is 26.9. The van der Waals surface area contributed by atoms with Crippen LogP contribution in [0.15, 0.2) is 60.7 Å². The molecule has 0 heterocycles. The molecule has 8 heteroatoms. The molecule has 0 aromatic heterocycles. The number of benzene rings is 4. The van der Waals surface area contributed by atoms with E-state index in [9.17, 15) is 30.6 Å². The number of ether oxygens (including phenoxy) is 2. The molecule has 8 nitrogen and oxygen atoms in total. The fourth-order valence-corrected chi connectivity index (χ4v) is 6.56. The van der Waals surface area contributed by atoms with Crippen molar-refractivity contribution in [3.05, 3.63) is 94.0 Å². The Hall–Kier alpha value is -4.72. The van der Waals surface area contributed by atoms with Crippen molar-refractivity contribution >= 4 is 0 Å². The highest BCUT2D eigenvalue weighted by atomic mass is 16.5. The second kappa shape index (κ2) is 8.41. The predicted octanol–water partition coefficient (Wildman–Crippen LogP) is 5.10. The van der Waals surface area contributed by atoms with Crippen molar-refractivity contribution in [1.82, 2.24) is 0 Å². The number of hydrogen-bond donors (Lipinski definition) is 6. The molecule has 0 spiro atoms. The van der Waals surface area contributed by atoms with Gasteiger partial charge in [0.25, 0.3) is 0 Å². The minimum Gasteiger partial charge on any atom is -0.508 e. The smallest absolute Gasteiger partial charge is 0.160 e. The van der Waals surface area contributed by atoms with Gasteiger partial charge in [-0.15, -0.1) is 0 Å². The van der Waals surface area contributed by atoms with E-state index in [0.717, 1.165) is 11.1 Å². The number of phenolic OH excluding ortho intramolecular Hbond substituents is 6. The van der Waals surface area contributed by atoms with E-state index < -0.39 is 11.8 Å². The van der Waals surface area contributed by atoms with Crippen molar-refractivity contribution < 1.29 is 40.1 Å². The average molecular weight is 515 g/mol. The third-order valence-electron chi connectivity index (χ3n) is 7.92. The molecule has 0 saturated carbocycles. The van der Waals surface area contributed by atoms with Crippen molar-refractivity contribution in [2.45, 2.75) is 23.7 Å². The van der Waals surface area contributed by atoms with Gasteiger partial charge in [-0.1, -0.05) is 12.1 Å². The molecule has 2 aliphatic rings. The second-order valence-electron chi connectivity index (χ2n) is 9.81. The van der Waals surface area contributed by atoms with Gasteiger partial charge < -0.3 is 40.1 Å². The summed E-state index contributed by atoms with van der Waals surface area (Å²) in [6, 6.07) is 15.8. The lowest BCUT2D eigenvalue weighted by atomic mass is 9.79. The van der Waals surface area contributed by atoms with E-state index in [1.54, 1.807) is 36.4 Å². The van der Waals surface area contributed by atoms with Crippen LogP contribution in [0.2, 0.25) is 0 Å². The second-order valence-corrected chi connectivity index (χ2v) is 9.81. The molecule has 0 bridgehead atoms. The molecule has 0 saturated heterocycles. The molecule has 4 atom stereocenters. The number of fused-ring (bicyclic) bond motifs is 5. The van der Waals surface area contributed by atoms with Crippen molar-refractivity contribution in [1.29, 1.82) is 0 Å². The Kier molecular flexibility index (Phi) is 5.24. The van der Waals surface area contributed by atoms with Crippen LogP contribution in [-0.4, -0.2) is 44.9 Å². The maximum absolute atomic E-state index is 11.1. The number of phenols is 6. The lowest BCUT2D eigenvalue weighted by molar-refractivity contribution is 0.372. The third-order valence-corrected chi connectivity index (χ3v) is 7.92. The van der Waals surface area contributed by atoms with Crippen molar-refractivity contribution in [2.75, 3.05) is 14.2 Å². The Morgan fingerprint density at radius 1 is 0.500 bits per heavy atom. The average Bonchev–Trinajstić information content (AvgIpc) is 3.38. The minimum absolute atomic E-state index is 0.0304. The summed E-state index contributed by atoms with van der Waals surface area (Å²) >= 11 is 0. The first-order valence-corrected chi connectivity index (χ1v) is 12.1. The Morgan fingerprint density at radius 2 is 0.895 bits per heavy atom. The Bertz CT molecular complexity index is 1480. The van der Waals surface area contributed by atoms with Crippen LogP contribution in [0.5, 0.6) is 46.0 Å². The summed E-state index contributed by atoms with van der Waals surface area (Å²) in [6.45, 7) is 0. The molecule has 38 heavy (non-hydrogen) atoms. The van der Waals surface area contributed by atoms with Crippen LogP contribution in [0, 0.1) is 0 Å². The van der Waals surface area contributed by atoms with Crippen LogP contribution in [0.4, 0.5) is 0 Å². The highest BCUT2D eigenvalue weighted by Crippen LogP contribution is 2.69. The molecule has 0 amide bonds. The summed E-state index contributed by atoms with van der Waals surface area (Å²) < 4.78 is 10.7. The van der Waals surface area contributed by atoms with Crippen LogP contribution in [0.3, 0.4) is 0 Å². The highest BCUT2D eigenvalue weighted by molar-refractivity contribution is 5.69. The van der Waals surface area contributed by atoms with E-state index in [4.69, 9.17) is 9.47 Å². The summed E-state index contributed by atoms with van der Waals surface area (Å²) in [5, 5.41) is 63.7. The molecule has 194 valence electrons. The highest BCUT2D eigenvalue weighted by Gasteiger charge is 2.54. The lowest BCUT2D eigenvalue weighted by Gasteiger charge is -2.24. The van der Waals surface area contributed by atoms with Crippen LogP contribution in [0.25, 0.3) is 0 Å². The van der Waals surface area contributed by atoms with E-state index in [1.807, 2.05) is 0 Å². The molecular weight excluding hydrogens is 488 g/mol. The first-order valence-electron chi connectivity index (χ1n) is 12.1. The molecule has 0 aliphatic heterocycles. The zero-order valence-corrected chi connectivity index (χ0v) is 20.6. The number of methoxy groups -OCH3 is 2. The van der Waals surface area contributed by atoms with E-state index in [2.05, 4.69) is 0 Å². The van der Waals surface area contributed by atoms with Gasteiger partial charge in [0.15, 0.2) is 23.0 Å². The zero-order valence-electron chi connectivity index (χ0n) is 20.6. The van der Waals surface area contributed by atoms with Crippen LogP contribution >= 0.6 is 0 Å². The fourth-order valence-electron chi connectivity index (χ4n) is 6.56. The third kappa shape index (κ3) is 3.30. The minimum atomic E-state index is -0.464. The maximum Gasteiger partial charge on any atom is 0.160 e. The van der Waals surface area contributed by atoms with Gasteiger partial charge in [0.1, 0.15) is 23.0 Å². The van der Waals surface area contributed by atoms with Gasteiger partial charge in [0.05, 0.1) is 14.2 Å². The molecule has 2 unspecified atom stereocenters. The molecule has 2 aliphatic carbocycles. The quantitative estimate of drug-likeness (QED) is 0.221. The normalized spacial score (nSPS) is 21.0. The van der Waals surface area contributed by atoms with Gasteiger partial charge in [-0.25, -0.2) is 0 Å². The Morgan fingerprint density at radius 3 is 1.26 bits per heavy atom. The van der Waals surface area contributed by atoms with E-state index in [-0.39, 0.29) is 57.8 Å². The number of rotatable bonds is 4. The molecule has 0 radical (unpaired) electrons. The lowest BCUT2D eigenvalue weighted by Crippen LogP contribution is -2.10. The first-order chi connectivity index (χ1) is 18.2. The van der Waals surface area contributed by atoms with Gasteiger partial charge in [-0.05, 0) is 58.7 Å². The summed E-state index contributed by atoms with van der Waals surface area (Å²) in [5.74, 6) is -1.57. The standard InChI is InChI=1S/C30H26O8/c1-37-23-7-13(3-5-19(23)33)25-27-17(9-15(31)11-21(27)35)30-26(14-4-6-20(34)24(8-14)38-2)28-18(29(25)30)10-16(32)12-22(28)36/h3-12,25-26,29-36H,1-2H3/t25?,26?,29-,30-/m0/s1. The SMILES string of the molecule is COc1cc(C2c3c(O)cc(O)cc3[C@H]3C(c4ccc(O)c(OC)c4)c4c(O)cc(O)cc4[C@@H]23)ccc1O. The monoisotopic (exact) mass is 514 g/mol. The molecular formula is C30H26O8. The summed E-state index contributed by atoms with van der Waals surface area (Å²) in [6.07, 6.45) is 0. The molecule has 0 fully saturated rings. The van der Waals surface area contributed by atoms with Crippen LogP contribution < -0.4 is 9.47 Å². The maximum atomic E-state index is 11.1. The molecule has 4 aromatic rings. The van der Waals surface area contributed by atoms with E-state index >= 15 is 0 Å². The number of hydrogen-bond acceptors (Lipinski definition) is 8. The van der Waals surface area contributed by atoms with Gasteiger partial charge in [0, 0.05) is 46.9 Å². The van der Waals surface area contributed by atoms with E-state index in [1.165, 1.54) is 38.5 Å². The van der Waals surface area contributed by atoms with Gasteiger partial charge >= 0.3 is 0 Å². The Balaban J connectivity index is 1.67. The largest absolute Gasteiger partial charge is 0.508 e. The molecule has 6 rings (SSSR count). The molecule has 6 N–H and O–H groups in total. The topological polar surface area (TPSA) is 140 Å². The van der Waals surface area contributed by atoms with Gasteiger partial charge in [-0.3, -0.25) is 0 Å². The van der Waals surface area contributed by atoms with Crippen molar-refractivity contribution in [3.63, 3.8) is 0 Å². The molecule has 4 aromatic carbocycles. The Labute approximate surface area is 218 Å². The van der Waals surface area contributed by atoms with Crippen LogP contribution in [0.1, 0.15) is 57.1 Å². The van der Waals surface area contributed by atoms with E-state index in [0.29, 0.717) is 22.3 Å². The first kappa shape index (κ1) is 23.7. The van der Waals surface area contributed by atoms with Crippen molar-refractivity contribution in [2.24, 2.45) is 0 Å². The predicted molar refractivity (Wildman–Crippen MR) is 138 cm³/mol. The number of aromatic hydroxyl groups is 6. The van der Waals surface area contributed by atoms with Gasteiger partial charge in [-0.2, -0.15) is 0 Å². The fraction of sp³-hybridized carbons (Fsp3) is 0.200. The van der Waals surface area contributed by atoms with Gasteiger partial charge in [0.2, 0.25) is 0 Å². The summed E-state index contributed by atoms with van der Waals surface area (Å²) in [7, 11) is 2.91. The summed E-state index contributed by atoms with van der Waals surface area (Å²) in [5.41, 5.74) is 4.08. The summed E-state index contributed by atoms with van der Waals surface area (Å²) in [4.78, 5) is 0. The van der Waals surface area contributed by atoms with Crippen molar-refractivity contribution in [3.8, 4) is 46.0 Å².